The molecular weight excluding hydrogens is 212 g/mol. The van der Waals surface area contributed by atoms with Gasteiger partial charge in [0.25, 0.3) is 0 Å². The van der Waals surface area contributed by atoms with Crippen molar-refractivity contribution in [3.8, 4) is 0 Å². The minimum Gasteiger partial charge on any atom is -0.399 e. The third-order valence-electron chi connectivity index (χ3n) is 3.64. The average molecular weight is 232 g/mol. The molecule has 1 aromatic rings. The summed E-state index contributed by atoms with van der Waals surface area (Å²) in [5.74, 6) is 0.942. The SMILES string of the molecule is CC1CCCC1C(=O)NCc1ccc(N)cc1. The lowest BCUT2D eigenvalue weighted by atomic mass is 9.97. The lowest BCUT2D eigenvalue weighted by Gasteiger charge is -2.15. The van der Waals surface area contributed by atoms with Gasteiger partial charge in [-0.2, -0.15) is 0 Å². The summed E-state index contributed by atoms with van der Waals surface area (Å²) < 4.78 is 0. The Kier molecular flexibility index (Phi) is 3.67. The highest BCUT2D eigenvalue weighted by molar-refractivity contribution is 5.79. The van der Waals surface area contributed by atoms with Crippen LogP contribution < -0.4 is 11.1 Å². The molecule has 1 aromatic carbocycles. The van der Waals surface area contributed by atoms with Crippen molar-refractivity contribution >= 4 is 11.6 Å². The predicted molar refractivity (Wildman–Crippen MR) is 69.2 cm³/mol. The zero-order chi connectivity index (χ0) is 12.3. The highest BCUT2D eigenvalue weighted by Gasteiger charge is 2.29. The number of hydrogen-bond donors (Lipinski definition) is 2. The van der Waals surface area contributed by atoms with Gasteiger partial charge in [-0.05, 0) is 36.5 Å². The Balaban J connectivity index is 1.85. The second kappa shape index (κ2) is 5.21. The van der Waals surface area contributed by atoms with Gasteiger partial charge in [-0.3, -0.25) is 4.79 Å². The topological polar surface area (TPSA) is 55.1 Å². The van der Waals surface area contributed by atoms with E-state index >= 15 is 0 Å². The molecule has 0 heterocycles. The Morgan fingerprint density at radius 3 is 2.65 bits per heavy atom. The van der Waals surface area contributed by atoms with Crippen molar-refractivity contribution in [2.45, 2.75) is 32.7 Å². The molecule has 2 rings (SSSR count). The fraction of sp³-hybridized carbons (Fsp3) is 0.500. The van der Waals surface area contributed by atoms with E-state index in [2.05, 4.69) is 12.2 Å². The maximum absolute atomic E-state index is 12.0. The molecule has 92 valence electrons. The molecule has 1 saturated carbocycles. The van der Waals surface area contributed by atoms with Crippen LogP contribution in [0.1, 0.15) is 31.7 Å². The molecule has 3 nitrogen and oxygen atoms in total. The van der Waals surface area contributed by atoms with E-state index in [9.17, 15) is 4.79 Å². The van der Waals surface area contributed by atoms with Crippen LogP contribution in [-0.4, -0.2) is 5.91 Å². The number of benzene rings is 1. The minimum atomic E-state index is 0.201. The number of rotatable bonds is 3. The largest absolute Gasteiger partial charge is 0.399 e. The van der Waals surface area contributed by atoms with Crippen LogP contribution in [0.15, 0.2) is 24.3 Å². The molecule has 2 atom stereocenters. The van der Waals surface area contributed by atoms with Gasteiger partial charge >= 0.3 is 0 Å². The summed E-state index contributed by atoms with van der Waals surface area (Å²) in [5.41, 5.74) is 7.46. The van der Waals surface area contributed by atoms with Crippen LogP contribution in [0.4, 0.5) is 5.69 Å². The number of hydrogen-bond acceptors (Lipinski definition) is 2. The van der Waals surface area contributed by atoms with E-state index in [-0.39, 0.29) is 11.8 Å². The minimum absolute atomic E-state index is 0.201. The number of nitrogen functional groups attached to an aromatic ring is 1. The summed E-state index contributed by atoms with van der Waals surface area (Å²) in [7, 11) is 0. The Hall–Kier alpha value is -1.51. The van der Waals surface area contributed by atoms with E-state index in [4.69, 9.17) is 5.73 Å². The Labute approximate surface area is 102 Å². The molecule has 0 saturated heterocycles. The quantitative estimate of drug-likeness (QED) is 0.786. The molecule has 1 amide bonds. The van der Waals surface area contributed by atoms with Crippen LogP contribution in [0.2, 0.25) is 0 Å². The maximum Gasteiger partial charge on any atom is 0.223 e. The molecule has 1 aliphatic carbocycles. The number of nitrogens with one attached hydrogen (secondary N) is 1. The summed E-state index contributed by atoms with van der Waals surface area (Å²) in [6.07, 6.45) is 3.40. The van der Waals surface area contributed by atoms with Gasteiger partial charge in [0.2, 0.25) is 5.91 Å². The first-order valence-corrected chi connectivity index (χ1v) is 6.29. The maximum atomic E-state index is 12.0. The molecule has 17 heavy (non-hydrogen) atoms. The molecule has 0 aliphatic heterocycles. The van der Waals surface area contributed by atoms with Gasteiger partial charge in [0.1, 0.15) is 0 Å². The molecule has 1 fully saturated rings. The smallest absolute Gasteiger partial charge is 0.223 e. The second-order valence-electron chi connectivity index (χ2n) is 4.97. The van der Waals surface area contributed by atoms with Crippen molar-refractivity contribution in [1.82, 2.24) is 5.32 Å². The molecule has 1 aliphatic rings. The lowest BCUT2D eigenvalue weighted by Crippen LogP contribution is -2.31. The highest BCUT2D eigenvalue weighted by Crippen LogP contribution is 2.31. The molecule has 0 bridgehead atoms. The van der Waals surface area contributed by atoms with Gasteiger partial charge in [0.05, 0.1) is 0 Å². The number of nitrogens with two attached hydrogens (primary N) is 1. The normalized spacial score (nSPS) is 23.6. The van der Waals surface area contributed by atoms with Crippen LogP contribution in [0, 0.1) is 11.8 Å². The molecule has 0 radical (unpaired) electrons. The van der Waals surface area contributed by atoms with Crippen molar-refractivity contribution in [2.75, 3.05) is 5.73 Å². The monoisotopic (exact) mass is 232 g/mol. The van der Waals surface area contributed by atoms with Crippen molar-refractivity contribution < 1.29 is 4.79 Å². The van der Waals surface area contributed by atoms with E-state index in [0.717, 1.165) is 17.7 Å². The summed E-state index contributed by atoms with van der Waals surface area (Å²) in [6.45, 7) is 2.77. The predicted octanol–water partition coefficient (Wildman–Crippen LogP) is 2.32. The molecule has 0 spiro atoms. The Morgan fingerprint density at radius 1 is 1.35 bits per heavy atom. The highest BCUT2D eigenvalue weighted by atomic mass is 16.1. The first-order chi connectivity index (χ1) is 8.16. The lowest BCUT2D eigenvalue weighted by molar-refractivity contribution is -0.126. The average Bonchev–Trinajstić information content (AvgIpc) is 2.74. The molecule has 3 N–H and O–H groups in total. The Bertz CT molecular complexity index is 386. The van der Waals surface area contributed by atoms with Gasteiger partial charge < -0.3 is 11.1 Å². The zero-order valence-electron chi connectivity index (χ0n) is 10.3. The number of carbonyl (C=O) groups excluding carboxylic acids is 1. The van der Waals surface area contributed by atoms with Crippen LogP contribution >= 0.6 is 0 Å². The Morgan fingerprint density at radius 2 is 2.06 bits per heavy atom. The van der Waals surface area contributed by atoms with Gasteiger partial charge in [-0.1, -0.05) is 25.5 Å². The molecule has 2 unspecified atom stereocenters. The van der Waals surface area contributed by atoms with E-state index in [1.165, 1.54) is 12.8 Å². The standard InChI is InChI=1S/C14H20N2O/c1-10-3-2-4-13(10)14(17)16-9-11-5-7-12(15)8-6-11/h5-8,10,13H,2-4,9,15H2,1H3,(H,16,17). The third kappa shape index (κ3) is 2.99. The molecule has 0 aromatic heterocycles. The fourth-order valence-electron chi connectivity index (χ4n) is 2.49. The van der Waals surface area contributed by atoms with E-state index in [1.54, 1.807) is 0 Å². The van der Waals surface area contributed by atoms with Crippen molar-refractivity contribution in [2.24, 2.45) is 11.8 Å². The van der Waals surface area contributed by atoms with Crippen LogP contribution in [0.3, 0.4) is 0 Å². The molecule has 3 heteroatoms. The number of anilines is 1. The molecular formula is C14H20N2O. The van der Waals surface area contributed by atoms with E-state index in [0.29, 0.717) is 12.5 Å². The summed E-state index contributed by atoms with van der Waals surface area (Å²) >= 11 is 0. The van der Waals surface area contributed by atoms with Crippen molar-refractivity contribution in [1.29, 1.82) is 0 Å². The van der Waals surface area contributed by atoms with E-state index < -0.39 is 0 Å². The summed E-state index contributed by atoms with van der Waals surface area (Å²) in [4.78, 5) is 12.0. The van der Waals surface area contributed by atoms with Gasteiger partial charge in [-0.25, -0.2) is 0 Å². The summed E-state index contributed by atoms with van der Waals surface area (Å²) in [5, 5.41) is 3.01. The van der Waals surface area contributed by atoms with Crippen LogP contribution in [0.5, 0.6) is 0 Å². The first-order valence-electron chi connectivity index (χ1n) is 6.29. The zero-order valence-corrected chi connectivity index (χ0v) is 10.3. The van der Waals surface area contributed by atoms with Crippen molar-refractivity contribution in [3.05, 3.63) is 29.8 Å². The summed E-state index contributed by atoms with van der Waals surface area (Å²) in [6, 6.07) is 7.63. The second-order valence-corrected chi connectivity index (χ2v) is 4.97. The number of carbonyl (C=O) groups is 1. The van der Waals surface area contributed by atoms with Crippen LogP contribution in [-0.2, 0) is 11.3 Å². The fourth-order valence-corrected chi connectivity index (χ4v) is 2.49. The van der Waals surface area contributed by atoms with Gasteiger partial charge in [0, 0.05) is 18.2 Å². The van der Waals surface area contributed by atoms with E-state index in [1.807, 2.05) is 24.3 Å². The number of amides is 1. The van der Waals surface area contributed by atoms with Gasteiger partial charge in [0.15, 0.2) is 0 Å². The van der Waals surface area contributed by atoms with Crippen LogP contribution in [0.25, 0.3) is 0 Å². The first kappa shape index (κ1) is 12.0. The van der Waals surface area contributed by atoms with Crippen molar-refractivity contribution in [3.63, 3.8) is 0 Å². The van der Waals surface area contributed by atoms with Gasteiger partial charge in [-0.15, -0.1) is 0 Å². The third-order valence-corrected chi connectivity index (χ3v) is 3.64.